The second-order valence-electron chi connectivity index (χ2n) is 4.71. The molecule has 0 aliphatic carbocycles. The first kappa shape index (κ1) is 18.9. The maximum Gasteiger partial charge on any atom is 0.337 e. The van der Waals surface area contributed by atoms with Crippen LogP contribution in [-0.4, -0.2) is 47.4 Å². The van der Waals surface area contributed by atoms with Gasteiger partial charge in [-0.05, 0) is 19.1 Å². The molecule has 10 heteroatoms. The molecule has 0 fully saturated rings. The van der Waals surface area contributed by atoms with Gasteiger partial charge in [-0.3, -0.25) is 0 Å². The predicted octanol–water partition coefficient (Wildman–Crippen LogP) is 1.94. The zero-order chi connectivity index (χ0) is 17.6. The number of aliphatic hydroxyl groups is 1. The van der Waals surface area contributed by atoms with Crippen LogP contribution < -0.4 is 15.4 Å². The highest BCUT2D eigenvalue weighted by Crippen LogP contribution is 2.33. The summed E-state index contributed by atoms with van der Waals surface area (Å²) in [7, 11) is 0. The van der Waals surface area contributed by atoms with E-state index in [1.54, 1.807) is 0 Å². The average Bonchev–Trinajstić information content (AvgIpc) is 2.44. The Labute approximate surface area is 135 Å². The van der Waals surface area contributed by atoms with Crippen molar-refractivity contribution >= 4 is 29.3 Å². The zero-order valence-electron chi connectivity index (χ0n) is 12.0. The maximum absolute atomic E-state index is 12.2. The highest BCUT2D eigenvalue weighted by atomic mass is 35.5. The first-order chi connectivity index (χ1) is 10.6. The molecule has 0 spiro atoms. The monoisotopic (exact) mass is 352 g/mol. The van der Waals surface area contributed by atoms with Crippen LogP contribution >= 0.6 is 11.6 Å². The molecule has 1 aromatic carbocycles. The van der Waals surface area contributed by atoms with E-state index in [4.69, 9.17) is 21.4 Å². The lowest BCUT2D eigenvalue weighted by Crippen LogP contribution is -2.47. The number of urea groups is 1. The lowest BCUT2D eigenvalue weighted by molar-refractivity contribution is -0.155. The first-order valence-corrected chi connectivity index (χ1v) is 6.71. The standard InChI is InChI=1S/C13H15ClF2N2O5/c1-13(22,11(19)20)6-17-12(21)18-8-4-2-3-7(14)10(8)23-5-9(15)16/h2-4,9,22H,5-6H2,1H3,(H,19,20)(H2,17,18,21). The zero-order valence-corrected chi connectivity index (χ0v) is 12.7. The highest BCUT2D eigenvalue weighted by molar-refractivity contribution is 6.32. The number of carbonyl (C=O) groups is 2. The number of carboxylic acid groups (broad SMARTS) is 1. The van der Waals surface area contributed by atoms with Crippen molar-refractivity contribution in [2.24, 2.45) is 0 Å². The number of nitrogens with one attached hydrogen (secondary N) is 2. The van der Waals surface area contributed by atoms with Gasteiger partial charge in [-0.15, -0.1) is 0 Å². The minimum absolute atomic E-state index is 0.0148. The third kappa shape index (κ3) is 5.87. The van der Waals surface area contributed by atoms with Crippen molar-refractivity contribution in [3.63, 3.8) is 0 Å². The molecule has 0 saturated heterocycles. The summed E-state index contributed by atoms with van der Waals surface area (Å²) in [6.45, 7) is -0.470. The number of aliphatic carboxylic acids is 1. The van der Waals surface area contributed by atoms with E-state index >= 15 is 0 Å². The van der Waals surface area contributed by atoms with Gasteiger partial charge in [-0.25, -0.2) is 18.4 Å². The van der Waals surface area contributed by atoms with Gasteiger partial charge in [0.15, 0.2) is 11.4 Å². The lowest BCUT2D eigenvalue weighted by atomic mass is 10.1. The smallest absolute Gasteiger partial charge is 0.337 e. The predicted molar refractivity (Wildman–Crippen MR) is 78.2 cm³/mol. The number of alkyl halides is 2. The van der Waals surface area contributed by atoms with Crippen molar-refractivity contribution < 1.29 is 33.3 Å². The Morgan fingerprint density at radius 3 is 2.65 bits per heavy atom. The molecule has 1 unspecified atom stereocenters. The van der Waals surface area contributed by atoms with Gasteiger partial charge in [0.25, 0.3) is 6.43 Å². The highest BCUT2D eigenvalue weighted by Gasteiger charge is 2.30. The van der Waals surface area contributed by atoms with Crippen molar-refractivity contribution in [2.75, 3.05) is 18.5 Å². The molecule has 1 rings (SSSR count). The van der Waals surface area contributed by atoms with E-state index in [-0.39, 0.29) is 16.5 Å². The molecule has 0 aromatic heterocycles. The first-order valence-electron chi connectivity index (χ1n) is 6.33. The number of benzene rings is 1. The molecular formula is C13H15ClF2N2O5. The fourth-order valence-corrected chi connectivity index (χ4v) is 1.62. The van der Waals surface area contributed by atoms with E-state index in [0.717, 1.165) is 6.92 Å². The topological polar surface area (TPSA) is 108 Å². The Morgan fingerprint density at radius 1 is 1.43 bits per heavy atom. The summed E-state index contributed by atoms with van der Waals surface area (Å²) < 4.78 is 29.3. The second-order valence-corrected chi connectivity index (χ2v) is 5.11. The van der Waals surface area contributed by atoms with Crippen LogP contribution in [0.2, 0.25) is 5.02 Å². The number of anilines is 1. The molecule has 1 aromatic rings. The third-order valence-electron chi connectivity index (χ3n) is 2.62. The maximum atomic E-state index is 12.2. The molecule has 4 N–H and O–H groups in total. The number of rotatable bonds is 7. The van der Waals surface area contributed by atoms with E-state index in [0.29, 0.717) is 0 Å². The second kappa shape index (κ2) is 7.93. The molecule has 0 bridgehead atoms. The number of ether oxygens (including phenoxy) is 1. The summed E-state index contributed by atoms with van der Waals surface area (Å²) in [4.78, 5) is 22.4. The number of carboxylic acids is 1. The normalized spacial score (nSPS) is 13.3. The Kier molecular flexibility index (Phi) is 6.52. The third-order valence-corrected chi connectivity index (χ3v) is 2.92. The lowest BCUT2D eigenvalue weighted by Gasteiger charge is -2.19. The molecule has 0 heterocycles. The van der Waals surface area contributed by atoms with Crippen LogP contribution in [0.25, 0.3) is 0 Å². The summed E-state index contributed by atoms with van der Waals surface area (Å²) in [5.41, 5.74) is -2.13. The number of amides is 2. The Hall–Kier alpha value is -2.13. The van der Waals surface area contributed by atoms with Crippen LogP contribution in [-0.2, 0) is 4.79 Å². The summed E-state index contributed by atoms with van der Waals surface area (Å²) >= 11 is 5.83. The van der Waals surface area contributed by atoms with Crippen LogP contribution in [0.3, 0.4) is 0 Å². The van der Waals surface area contributed by atoms with Crippen molar-refractivity contribution in [3.8, 4) is 5.75 Å². The number of halogens is 3. The van der Waals surface area contributed by atoms with Crippen molar-refractivity contribution in [1.29, 1.82) is 0 Å². The minimum Gasteiger partial charge on any atom is -0.484 e. The Bertz CT molecular complexity index is 583. The van der Waals surface area contributed by atoms with Gasteiger partial charge in [0.05, 0.1) is 17.3 Å². The summed E-state index contributed by atoms with van der Waals surface area (Å²) in [5.74, 6) is -1.66. The fourth-order valence-electron chi connectivity index (χ4n) is 1.39. The fraction of sp³-hybridized carbons (Fsp3) is 0.385. The van der Waals surface area contributed by atoms with Crippen molar-refractivity contribution in [1.82, 2.24) is 5.32 Å². The molecule has 1 atom stereocenters. The molecule has 7 nitrogen and oxygen atoms in total. The van der Waals surface area contributed by atoms with Gasteiger partial charge in [0.2, 0.25) is 0 Å². The van der Waals surface area contributed by atoms with Gasteiger partial charge in [-0.1, -0.05) is 17.7 Å². The molecule has 0 saturated carbocycles. The van der Waals surface area contributed by atoms with E-state index in [1.165, 1.54) is 18.2 Å². The van der Waals surface area contributed by atoms with Crippen LogP contribution in [0.15, 0.2) is 18.2 Å². The van der Waals surface area contributed by atoms with Crippen LogP contribution in [0.5, 0.6) is 5.75 Å². The summed E-state index contributed by atoms with van der Waals surface area (Å²) in [5, 5.41) is 22.6. The average molecular weight is 353 g/mol. The van der Waals surface area contributed by atoms with E-state index < -0.39 is 37.2 Å². The SMILES string of the molecule is CC(O)(CNC(=O)Nc1cccc(Cl)c1OCC(F)F)C(=O)O. The van der Waals surface area contributed by atoms with Gasteiger partial charge in [0.1, 0.15) is 6.61 Å². The van der Waals surface area contributed by atoms with Crippen LogP contribution in [0, 0.1) is 0 Å². The molecule has 2 amide bonds. The van der Waals surface area contributed by atoms with Crippen molar-refractivity contribution in [3.05, 3.63) is 23.2 Å². The number of para-hydroxylation sites is 1. The van der Waals surface area contributed by atoms with Gasteiger partial charge >= 0.3 is 12.0 Å². The van der Waals surface area contributed by atoms with Crippen LogP contribution in [0.1, 0.15) is 6.92 Å². The largest absolute Gasteiger partial charge is 0.484 e. The molecule has 0 radical (unpaired) electrons. The molecular weight excluding hydrogens is 338 g/mol. The Morgan fingerprint density at radius 2 is 2.09 bits per heavy atom. The molecule has 0 aliphatic heterocycles. The summed E-state index contributed by atoms with van der Waals surface area (Å²) in [6, 6.07) is 3.35. The van der Waals surface area contributed by atoms with E-state index in [1.807, 2.05) is 0 Å². The van der Waals surface area contributed by atoms with Gasteiger partial charge in [0, 0.05) is 0 Å². The Balaban J connectivity index is 2.74. The number of carbonyl (C=O) groups excluding carboxylic acids is 1. The quantitative estimate of drug-likeness (QED) is 0.600. The van der Waals surface area contributed by atoms with E-state index in [2.05, 4.69) is 10.6 Å². The molecule has 23 heavy (non-hydrogen) atoms. The van der Waals surface area contributed by atoms with Gasteiger partial charge in [-0.2, -0.15) is 0 Å². The summed E-state index contributed by atoms with van der Waals surface area (Å²) in [6.07, 6.45) is -2.72. The van der Waals surface area contributed by atoms with Crippen LogP contribution in [0.4, 0.5) is 19.3 Å². The molecule has 128 valence electrons. The molecule has 0 aliphatic rings. The number of hydrogen-bond acceptors (Lipinski definition) is 4. The van der Waals surface area contributed by atoms with E-state index in [9.17, 15) is 23.5 Å². The number of hydrogen-bond donors (Lipinski definition) is 4. The van der Waals surface area contributed by atoms with Gasteiger partial charge < -0.3 is 25.6 Å². The van der Waals surface area contributed by atoms with Crippen molar-refractivity contribution in [2.45, 2.75) is 19.0 Å². The minimum atomic E-state index is -2.72.